The summed E-state index contributed by atoms with van der Waals surface area (Å²) in [5.41, 5.74) is 1.01. The molecule has 0 fully saturated rings. The molecule has 0 aliphatic carbocycles. The maximum Gasteiger partial charge on any atom is 0.253 e. The van der Waals surface area contributed by atoms with Crippen LogP contribution in [0.25, 0.3) is 0 Å². The van der Waals surface area contributed by atoms with Crippen LogP contribution in [0.4, 0.5) is 0 Å². The van der Waals surface area contributed by atoms with Crippen molar-refractivity contribution in [3.63, 3.8) is 0 Å². The van der Waals surface area contributed by atoms with Gasteiger partial charge in [0.05, 0.1) is 5.02 Å². The first-order valence-corrected chi connectivity index (χ1v) is 7.42. The van der Waals surface area contributed by atoms with Crippen LogP contribution in [0, 0.1) is 0 Å². The van der Waals surface area contributed by atoms with E-state index in [2.05, 4.69) is 29.4 Å². The van der Waals surface area contributed by atoms with E-state index >= 15 is 0 Å². The van der Waals surface area contributed by atoms with Crippen LogP contribution in [-0.4, -0.2) is 16.2 Å². The minimum Gasteiger partial charge on any atom is -0.482 e. The topological polar surface area (TPSA) is 60.2 Å². The minimum absolute atomic E-state index is 0.214. The second kappa shape index (κ2) is 7.43. The second-order valence-corrected chi connectivity index (χ2v) is 5.40. The van der Waals surface area contributed by atoms with E-state index < -0.39 is 0 Å². The van der Waals surface area contributed by atoms with E-state index in [9.17, 15) is 0 Å². The number of ether oxygens (including phenoxy) is 1. The summed E-state index contributed by atoms with van der Waals surface area (Å²) in [6, 6.07) is 6.09. The summed E-state index contributed by atoms with van der Waals surface area (Å²) < 4.78 is 11.2. The molecule has 6 heteroatoms. The van der Waals surface area contributed by atoms with Gasteiger partial charge in [0.15, 0.2) is 6.61 Å². The summed E-state index contributed by atoms with van der Waals surface area (Å²) in [6.45, 7) is 7.05. The zero-order chi connectivity index (χ0) is 15.2. The van der Waals surface area contributed by atoms with Crippen molar-refractivity contribution in [3.8, 4) is 5.75 Å². The van der Waals surface area contributed by atoms with E-state index in [-0.39, 0.29) is 6.61 Å². The lowest BCUT2D eigenvalue weighted by Crippen LogP contribution is -2.22. The summed E-state index contributed by atoms with van der Waals surface area (Å²) in [6.07, 6.45) is 0.711. The van der Waals surface area contributed by atoms with Crippen LogP contribution in [0.2, 0.25) is 5.02 Å². The third kappa shape index (κ3) is 4.44. The van der Waals surface area contributed by atoms with Crippen LogP contribution < -0.4 is 10.1 Å². The number of aryl methyl sites for hydroxylation is 1. The molecule has 1 aromatic heterocycles. The van der Waals surface area contributed by atoms with E-state index in [1.807, 2.05) is 19.1 Å². The lowest BCUT2D eigenvalue weighted by Gasteiger charge is -2.14. The first kappa shape index (κ1) is 15.8. The first-order chi connectivity index (χ1) is 10.1. The van der Waals surface area contributed by atoms with Gasteiger partial charge >= 0.3 is 0 Å². The van der Waals surface area contributed by atoms with Crippen molar-refractivity contribution in [1.29, 1.82) is 0 Å². The number of hydrogen-bond donors (Lipinski definition) is 1. The lowest BCUT2D eigenvalue weighted by molar-refractivity contribution is 0.256. The van der Waals surface area contributed by atoms with Gasteiger partial charge in [-0.2, -0.15) is 0 Å². The molecule has 1 aromatic carbocycles. The molecule has 0 radical (unpaired) electrons. The van der Waals surface area contributed by atoms with Crippen LogP contribution >= 0.6 is 11.6 Å². The molecule has 0 spiro atoms. The van der Waals surface area contributed by atoms with Crippen LogP contribution in [-0.2, 0) is 19.6 Å². The van der Waals surface area contributed by atoms with Crippen molar-refractivity contribution >= 4 is 11.6 Å². The Hall–Kier alpha value is -1.59. The monoisotopic (exact) mass is 309 g/mol. The largest absolute Gasteiger partial charge is 0.482 e. The van der Waals surface area contributed by atoms with Crippen LogP contribution in [0.1, 0.15) is 38.1 Å². The van der Waals surface area contributed by atoms with E-state index in [0.717, 1.165) is 5.56 Å². The number of benzene rings is 1. The number of halogens is 1. The number of hydrogen-bond acceptors (Lipinski definition) is 5. The van der Waals surface area contributed by atoms with E-state index in [4.69, 9.17) is 20.8 Å². The summed E-state index contributed by atoms with van der Waals surface area (Å²) in [5, 5.41) is 11.8. The molecule has 2 rings (SSSR count). The third-order valence-electron chi connectivity index (χ3n) is 2.90. The molecule has 0 amide bonds. The van der Waals surface area contributed by atoms with E-state index in [1.54, 1.807) is 6.07 Å². The molecule has 0 bridgehead atoms. The predicted octanol–water partition coefficient (Wildman–Crippen LogP) is 3.36. The maximum absolute atomic E-state index is 6.22. The van der Waals surface area contributed by atoms with Gasteiger partial charge < -0.3 is 14.5 Å². The van der Waals surface area contributed by atoms with Crippen LogP contribution in [0.15, 0.2) is 22.6 Å². The smallest absolute Gasteiger partial charge is 0.253 e. The molecule has 0 aliphatic rings. The lowest BCUT2D eigenvalue weighted by atomic mass is 10.2. The van der Waals surface area contributed by atoms with Gasteiger partial charge in [-0.15, -0.1) is 10.2 Å². The Morgan fingerprint density at radius 2 is 2.05 bits per heavy atom. The summed E-state index contributed by atoms with van der Waals surface area (Å²) in [4.78, 5) is 0. The SMILES string of the molecule is CCc1nnc(COc2c(Cl)cccc2CNC(C)C)o1. The number of rotatable bonds is 7. The fraction of sp³-hybridized carbons (Fsp3) is 0.467. The molecule has 1 N–H and O–H groups in total. The number of nitrogens with zero attached hydrogens (tertiary/aromatic N) is 2. The molecule has 0 aliphatic heterocycles. The fourth-order valence-corrected chi connectivity index (χ4v) is 2.04. The maximum atomic E-state index is 6.22. The Morgan fingerprint density at radius 1 is 1.29 bits per heavy atom. The Bertz CT molecular complexity index is 584. The van der Waals surface area contributed by atoms with Crippen molar-refractivity contribution in [2.75, 3.05) is 0 Å². The molecular weight excluding hydrogens is 290 g/mol. The van der Waals surface area contributed by atoms with Gasteiger partial charge in [0, 0.05) is 24.6 Å². The molecule has 0 unspecified atom stereocenters. The zero-order valence-corrected chi connectivity index (χ0v) is 13.3. The summed E-state index contributed by atoms with van der Waals surface area (Å²) >= 11 is 6.22. The first-order valence-electron chi connectivity index (χ1n) is 7.05. The van der Waals surface area contributed by atoms with Crippen molar-refractivity contribution in [3.05, 3.63) is 40.6 Å². The van der Waals surface area contributed by atoms with Gasteiger partial charge in [-0.25, -0.2) is 0 Å². The normalized spacial score (nSPS) is 11.1. The molecule has 1 heterocycles. The molecule has 21 heavy (non-hydrogen) atoms. The standard InChI is InChI=1S/C15H20ClN3O2/c1-4-13-18-19-14(21-13)9-20-15-11(8-17-10(2)3)6-5-7-12(15)16/h5-7,10,17H,4,8-9H2,1-3H3. The van der Waals surface area contributed by atoms with Crippen LogP contribution in [0.5, 0.6) is 5.75 Å². The van der Waals surface area contributed by atoms with Crippen molar-refractivity contribution in [1.82, 2.24) is 15.5 Å². The fourth-order valence-electron chi connectivity index (χ4n) is 1.79. The summed E-state index contributed by atoms with van der Waals surface area (Å²) in [5.74, 6) is 1.72. The Kier molecular flexibility index (Phi) is 5.59. The molecule has 0 saturated carbocycles. The Morgan fingerprint density at radius 3 is 2.71 bits per heavy atom. The molecular formula is C15H20ClN3O2. The number of nitrogens with one attached hydrogen (secondary N) is 1. The van der Waals surface area contributed by atoms with Crippen molar-refractivity contribution in [2.24, 2.45) is 0 Å². The third-order valence-corrected chi connectivity index (χ3v) is 3.20. The Labute approximate surface area is 129 Å². The molecule has 5 nitrogen and oxygen atoms in total. The van der Waals surface area contributed by atoms with E-state index in [0.29, 0.717) is 41.6 Å². The number of aromatic nitrogens is 2. The highest BCUT2D eigenvalue weighted by molar-refractivity contribution is 6.32. The van der Waals surface area contributed by atoms with Crippen molar-refractivity contribution < 1.29 is 9.15 Å². The molecule has 114 valence electrons. The Balaban J connectivity index is 2.07. The predicted molar refractivity (Wildman–Crippen MR) is 81.4 cm³/mol. The van der Waals surface area contributed by atoms with Crippen molar-refractivity contribution in [2.45, 2.75) is 46.4 Å². The highest BCUT2D eigenvalue weighted by atomic mass is 35.5. The number of para-hydroxylation sites is 1. The molecule has 2 aromatic rings. The highest BCUT2D eigenvalue weighted by Gasteiger charge is 2.11. The van der Waals surface area contributed by atoms with E-state index in [1.165, 1.54) is 0 Å². The minimum atomic E-state index is 0.214. The van der Waals surface area contributed by atoms with Gasteiger partial charge in [0.2, 0.25) is 5.89 Å². The average molecular weight is 310 g/mol. The van der Waals surface area contributed by atoms with Gasteiger partial charge in [0.1, 0.15) is 5.75 Å². The van der Waals surface area contributed by atoms with Gasteiger partial charge in [-0.1, -0.05) is 44.5 Å². The average Bonchev–Trinajstić information content (AvgIpc) is 2.92. The van der Waals surface area contributed by atoms with Gasteiger partial charge in [-0.05, 0) is 6.07 Å². The highest BCUT2D eigenvalue weighted by Crippen LogP contribution is 2.29. The molecule has 0 saturated heterocycles. The van der Waals surface area contributed by atoms with Crippen LogP contribution in [0.3, 0.4) is 0 Å². The van der Waals surface area contributed by atoms with Gasteiger partial charge in [0.25, 0.3) is 5.89 Å². The quantitative estimate of drug-likeness (QED) is 0.849. The molecule has 0 atom stereocenters. The summed E-state index contributed by atoms with van der Waals surface area (Å²) in [7, 11) is 0. The van der Waals surface area contributed by atoms with Gasteiger partial charge in [-0.3, -0.25) is 0 Å². The second-order valence-electron chi connectivity index (χ2n) is 5.00. The zero-order valence-electron chi connectivity index (χ0n) is 12.5.